The molecule has 8 nitrogen and oxygen atoms in total. The van der Waals surface area contributed by atoms with Gasteiger partial charge < -0.3 is 0 Å². The van der Waals surface area contributed by atoms with E-state index in [4.69, 9.17) is 0 Å². The highest BCUT2D eigenvalue weighted by atomic mass is 16.2. The predicted molar refractivity (Wildman–Crippen MR) is 111 cm³/mol. The molecule has 1 atom stereocenters. The van der Waals surface area contributed by atoms with E-state index in [9.17, 15) is 9.59 Å². The van der Waals surface area contributed by atoms with Crippen molar-refractivity contribution < 1.29 is 14.2 Å². The Bertz CT molecular complexity index is 1000. The molecule has 3 aliphatic heterocycles. The fraction of sp³-hybridized carbons (Fsp3) is 0.476. The molecule has 0 bridgehead atoms. The van der Waals surface area contributed by atoms with Gasteiger partial charge in [-0.1, -0.05) is 55.6 Å². The maximum absolute atomic E-state index is 13.5. The fourth-order valence-electron chi connectivity index (χ4n) is 3.87. The van der Waals surface area contributed by atoms with Gasteiger partial charge >= 0.3 is 12.0 Å². The summed E-state index contributed by atoms with van der Waals surface area (Å²) in [5, 5.41) is 6.36. The van der Waals surface area contributed by atoms with Crippen molar-refractivity contribution in [2.24, 2.45) is 15.5 Å². The van der Waals surface area contributed by atoms with Crippen LogP contribution < -0.4 is 0 Å². The molecule has 0 spiro atoms. The van der Waals surface area contributed by atoms with Crippen LogP contribution in [-0.4, -0.2) is 75.5 Å². The minimum atomic E-state index is -0.618. The molecule has 8 heteroatoms. The van der Waals surface area contributed by atoms with Crippen molar-refractivity contribution in [1.29, 1.82) is 0 Å². The molecule has 3 heterocycles. The number of amides is 3. The Balaban J connectivity index is 1.68. The van der Waals surface area contributed by atoms with Crippen LogP contribution in [0.2, 0.25) is 0 Å². The van der Waals surface area contributed by atoms with Crippen LogP contribution in [-0.2, 0) is 11.3 Å². The van der Waals surface area contributed by atoms with E-state index in [1.165, 1.54) is 9.80 Å². The average molecular weight is 395 g/mol. The molecule has 0 N–H and O–H groups in total. The van der Waals surface area contributed by atoms with Gasteiger partial charge in [0.2, 0.25) is 11.9 Å². The lowest BCUT2D eigenvalue weighted by molar-refractivity contribution is -0.528. The fourth-order valence-corrected chi connectivity index (χ4v) is 3.87. The molecular formula is C21H27N6O2+. The highest BCUT2D eigenvalue weighted by Gasteiger charge is 2.54. The summed E-state index contributed by atoms with van der Waals surface area (Å²) in [6, 6.07) is 6.89. The van der Waals surface area contributed by atoms with Crippen molar-refractivity contribution >= 4 is 29.4 Å². The number of hydrogen-bond donors (Lipinski definition) is 0. The quantitative estimate of drug-likeness (QED) is 0.718. The molecule has 29 heavy (non-hydrogen) atoms. The van der Waals surface area contributed by atoms with Crippen LogP contribution in [0.4, 0.5) is 4.79 Å². The number of rotatable bonds is 2. The van der Waals surface area contributed by atoms with E-state index in [0.29, 0.717) is 18.3 Å². The first-order chi connectivity index (χ1) is 13.6. The molecule has 0 aliphatic carbocycles. The molecule has 1 saturated heterocycles. The average Bonchev–Trinajstić information content (AvgIpc) is 3.03. The third-order valence-corrected chi connectivity index (χ3v) is 5.56. The molecule has 152 valence electrons. The molecular weight excluding hydrogens is 368 g/mol. The molecule has 3 aliphatic rings. The van der Waals surface area contributed by atoms with Crippen LogP contribution in [0, 0.1) is 12.3 Å². The number of benzene rings is 1. The van der Waals surface area contributed by atoms with Gasteiger partial charge in [0.05, 0.1) is 19.3 Å². The van der Waals surface area contributed by atoms with Gasteiger partial charge in [-0.25, -0.2) is 9.37 Å². The number of amidine groups is 1. The minimum absolute atomic E-state index is 0.136. The zero-order valence-corrected chi connectivity index (χ0v) is 17.8. The Labute approximate surface area is 170 Å². The van der Waals surface area contributed by atoms with E-state index in [1.807, 2.05) is 42.8 Å². The Morgan fingerprint density at radius 3 is 2.59 bits per heavy atom. The summed E-state index contributed by atoms with van der Waals surface area (Å²) in [5.74, 6) is 0.822. The van der Waals surface area contributed by atoms with E-state index < -0.39 is 6.04 Å². The monoisotopic (exact) mass is 395 g/mol. The van der Waals surface area contributed by atoms with Crippen molar-refractivity contribution in [1.82, 2.24) is 14.8 Å². The number of nitrogens with zero attached hydrogens (tertiary/aromatic N) is 6. The third-order valence-electron chi connectivity index (χ3n) is 5.56. The van der Waals surface area contributed by atoms with Crippen LogP contribution >= 0.6 is 0 Å². The van der Waals surface area contributed by atoms with Gasteiger partial charge in [-0.3, -0.25) is 14.6 Å². The molecule has 1 aromatic carbocycles. The molecule has 0 saturated carbocycles. The zero-order valence-electron chi connectivity index (χ0n) is 17.8. The van der Waals surface area contributed by atoms with Gasteiger partial charge in [0, 0.05) is 12.5 Å². The molecule has 4 rings (SSSR count). The lowest BCUT2D eigenvalue weighted by Crippen LogP contribution is -2.63. The summed E-state index contributed by atoms with van der Waals surface area (Å²) >= 11 is 0. The first-order valence-electron chi connectivity index (χ1n) is 9.76. The smallest absolute Gasteiger partial charge is 0.270 e. The van der Waals surface area contributed by atoms with E-state index >= 15 is 0 Å². The lowest BCUT2D eigenvalue weighted by atomic mass is 9.89. The number of imide groups is 1. The normalized spacial score (nSPS) is 22.0. The Hall–Kier alpha value is -3.03. The molecule has 0 aromatic heterocycles. The number of likely N-dealkylation sites (N-methyl/N-ethyl adjacent to an activating group) is 1. The van der Waals surface area contributed by atoms with Crippen LogP contribution in [0.15, 0.2) is 34.4 Å². The van der Waals surface area contributed by atoms with Gasteiger partial charge in [-0.15, -0.1) is 10.1 Å². The largest absolute Gasteiger partial charge is 0.416 e. The van der Waals surface area contributed by atoms with Crippen molar-refractivity contribution in [3.63, 3.8) is 0 Å². The van der Waals surface area contributed by atoms with E-state index in [0.717, 1.165) is 16.8 Å². The van der Waals surface area contributed by atoms with Crippen LogP contribution in [0.1, 0.15) is 31.9 Å². The van der Waals surface area contributed by atoms with Crippen molar-refractivity contribution in [2.45, 2.75) is 40.3 Å². The van der Waals surface area contributed by atoms with Gasteiger partial charge in [-0.2, -0.15) is 0 Å². The molecule has 1 fully saturated rings. The summed E-state index contributed by atoms with van der Waals surface area (Å²) in [6.07, 6.45) is 0. The van der Waals surface area contributed by atoms with E-state index in [-0.39, 0.29) is 23.9 Å². The summed E-state index contributed by atoms with van der Waals surface area (Å²) in [5.41, 5.74) is 2.85. The second-order valence-corrected chi connectivity index (χ2v) is 8.88. The topological polar surface area (TPSA) is 71.6 Å². The summed E-state index contributed by atoms with van der Waals surface area (Å²) in [7, 11) is 3.50. The minimum Gasteiger partial charge on any atom is -0.270 e. The maximum Gasteiger partial charge on any atom is 0.416 e. The number of aryl methyl sites for hydroxylation is 1. The third kappa shape index (κ3) is 3.12. The first-order valence-corrected chi connectivity index (χ1v) is 9.76. The van der Waals surface area contributed by atoms with Gasteiger partial charge in [-0.05, 0) is 12.5 Å². The number of aliphatic imine (C=N–C) groups is 1. The number of hydrazone groups is 1. The van der Waals surface area contributed by atoms with Gasteiger partial charge in [0.15, 0.2) is 0 Å². The number of urea groups is 1. The first kappa shape index (κ1) is 19.3. The van der Waals surface area contributed by atoms with E-state index in [1.54, 1.807) is 12.1 Å². The standard InChI is InChI=1S/C21H27N6O2/c1-13-8-7-9-14(10-13)11-27-18(28)16-17(24(5)20(27)29)22-19-25(6)23-15(12-26(16)19)21(2,3)4/h7-10,16H,11-12H2,1-6H3/q+1. The number of carbonyl (C=O) groups excluding carboxylic acids is 2. The van der Waals surface area contributed by atoms with Gasteiger partial charge in [0.1, 0.15) is 6.54 Å². The zero-order chi connectivity index (χ0) is 21.1. The van der Waals surface area contributed by atoms with Crippen LogP contribution in [0.25, 0.3) is 0 Å². The molecule has 1 aromatic rings. The second-order valence-electron chi connectivity index (χ2n) is 8.88. The number of guanidine groups is 1. The Morgan fingerprint density at radius 1 is 1.21 bits per heavy atom. The highest BCUT2D eigenvalue weighted by molar-refractivity contribution is 6.23. The molecule has 1 unspecified atom stereocenters. The summed E-state index contributed by atoms with van der Waals surface area (Å²) in [6.45, 7) is 9.05. The number of fused-ring (bicyclic) bond motifs is 2. The molecule has 3 amide bonds. The number of hydrogen-bond acceptors (Lipinski definition) is 5. The second kappa shape index (κ2) is 6.50. The number of carbonyl (C=O) groups is 2. The van der Waals surface area contributed by atoms with Gasteiger partial charge in [0.25, 0.3) is 5.91 Å². The van der Waals surface area contributed by atoms with Crippen molar-refractivity contribution in [3.8, 4) is 0 Å². The highest BCUT2D eigenvalue weighted by Crippen LogP contribution is 2.27. The summed E-state index contributed by atoms with van der Waals surface area (Å²) in [4.78, 5) is 33.8. The Morgan fingerprint density at radius 2 is 1.93 bits per heavy atom. The van der Waals surface area contributed by atoms with Crippen LogP contribution in [0.5, 0.6) is 0 Å². The van der Waals surface area contributed by atoms with Crippen LogP contribution in [0.3, 0.4) is 0 Å². The van der Waals surface area contributed by atoms with E-state index in [2.05, 4.69) is 30.9 Å². The SMILES string of the molecule is Cc1cccc(CN2C(=O)C3C(=NC4=[N+]3CC(C(C)(C)C)=NN4C)N(C)C2=O)c1. The Kier molecular flexibility index (Phi) is 4.33. The maximum atomic E-state index is 13.5. The predicted octanol–water partition coefficient (Wildman–Crippen LogP) is 1.89. The van der Waals surface area contributed by atoms with Crippen molar-refractivity contribution in [3.05, 3.63) is 35.4 Å². The van der Waals surface area contributed by atoms with Crippen molar-refractivity contribution in [2.75, 3.05) is 20.6 Å². The lowest BCUT2D eigenvalue weighted by Gasteiger charge is -2.35. The molecule has 0 radical (unpaired) electrons. The summed E-state index contributed by atoms with van der Waals surface area (Å²) < 4.78 is 1.96.